The standard InChI is InChI=1S/C27H30FN2O2S.ClH/c28-25-10-4-5-11-26(25)29(19-23-9-6-18-33-23)27(31)24-20-30(14-12-21(24)13-15-30)16-17-32-22-7-2-1-3-8-22;/h1-11,18,21,24H,12-17,19-20H2;1H/q+1;/p-1/t21?,24-,30?;/m0./s1. The van der Waals surface area contributed by atoms with Gasteiger partial charge >= 0.3 is 0 Å². The van der Waals surface area contributed by atoms with Gasteiger partial charge in [0.1, 0.15) is 24.7 Å². The van der Waals surface area contributed by atoms with Gasteiger partial charge in [-0.3, -0.25) is 4.79 Å². The highest BCUT2D eigenvalue weighted by Gasteiger charge is 2.49. The lowest BCUT2D eigenvalue weighted by molar-refractivity contribution is -0.945. The van der Waals surface area contributed by atoms with E-state index in [-0.39, 0.29) is 30.0 Å². The molecule has 180 valence electrons. The van der Waals surface area contributed by atoms with Crippen LogP contribution in [0.5, 0.6) is 5.75 Å². The van der Waals surface area contributed by atoms with Crippen LogP contribution in [0.3, 0.4) is 0 Å². The van der Waals surface area contributed by atoms with Crippen molar-refractivity contribution in [2.45, 2.75) is 19.4 Å². The zero-order valence-electron chi connectivity index (χ0n) is 19.1. The first-order valence-electron chi connectivity index (χ1n) is 11.7. The Bertz CT molecular complexity index is 1070. The largest absolute Gasteiger partial charge is 1.00 e. The molecule has 4 nitrogen and oxygen atoms in total. The molecule has 3 fully saturated rings. The molecule has 34 heavy (non-hydrogen) atoms. The minimum Gasteiger partial charge on any atom is -1.00 e. The van der Waals surface area contributed by atoms with E-state index in [1.165, 1.54) is 6.07 Å². The first-order valence-corrected chi connectivity index (χ1v) is 12.6. The molecule has 0 aliphatic carbocycles. The third-order valence-electron chi connectivity index (χ3n) is 7.30. The van der Waals surface area contributed by atoms with Crippen LogP contribution in [0.4, 0.5) is 10.1 Å². The molecule has 0 N–H and O–H groups in total. The van der Waals surface area contributed by atoms with Gasteiger partial charge in [-0.15, -0.1) is 11.3 Å². The Hall–Kier alpha value is -2.41. The molecule has 1 amide bonds. The lowest BCUT2D eigenvalue weighted by Crippen LogP contribution is -3.00. The van der Waals surface area contributed by atoms with Crippen molar-refractivity contribution in [2.75, 3.05) is 37.7 Å². The quantitative estimate of drug-likeness (QED) is 0.444. The van der Waals surface area contributed by atoms with E-state index < -0.39 is 0 Å². The van der Waals surface area contributed by atoms with Crippen LogP contribution in [0.2, 0.25) is 0 Å². The number of hydrogen-bond donors (Lipinski definition) is 0. The van der Waals surface area contributed by atoms with Crippen LogP contribution < -0.4 is 22.0 Å². The number of anilines is 1. The van der Waals surface area contributed by atoms with E-state index in [0.717, 1.165) is 54.1 Å². The van der Waals surface area contributed by atoms with Crippen LogP contribution >= 0.6 is 11.3 Å². The van der Waals surface area contributed by atoms with E-state index in [2.05, 4.69) is 0 Å². The van der Waals surface area contributed by atoms with E-state index in [9.17, 15) is 9.18 Å². The molecule has 0 unspecified atom stereocenters. The number of hydrogen-bond acceptors (Lipinski definition) is 3. The summed E-state index contributed by atoms with van der Waals surface area (Å²) in [6.07, 6.45) is 2.09. The summed E-state index contributed by atoms with van der Waals surface area (Å²) in [6, 6.07) is 20.5. The minimum absolute atomic E-state index is 0. The zero-order valence-corrected chi connectivity index (χ0v) is 20.7. The number of rotatable bonds is 8. The summed E-state index contributed by atoms with van der Waals surface area (Å²) >= 11 is 1.60. The first-order chi connectivity index (χ1) is 16.1. The number of carbonyl (C=O) groups is 1. The molecule has 3 saturated heterocycles. The minimum atomic E-state index is -0.344. The van der Waals surface area contributed by atoms with Gasteiger partial charge in [-0.1, -0.05) is 36.4 Å². The van der Waals surface area contributed by atoms with Gasteiger partial charge in [0.05, 0.1) is 37.8 Å². The van der Waals surface area contributed by atoms with Gasteiger partial charge in [-0.25, -0.2) is 4.39 Å². The summed E-state index contributed by atoms with van der Waals surface area (Å²) in [4.78, 5) is 16.7. The highest BCUT2D eigenvalue weighted by molar-refractivity contribution is 7.09. The van der Waals surface area contributed by atoms with Crippen molar-refractivity contribution in [1.82, 2.24) is 0 Å². The Morgan fingerprint density at radius 1 is 1.03 bits per heavy atom. The molecule has 3 aliphatic rings. The second-order valence-electron chi connectivity index (χ2n) is 9.26. The molecule has 3 aliphatic heterocycles. The van der Waals surface area contributed by atoms with Crippen molar-refractivity contribution in [1.29, 1.82) is 0 Å². The molecule has 2 bridgehead atoms. The number of fused-ring (bicyclic) bond motifs is 3. The van der Waals surface area contributed by atoms with Gasteiger partial charge in [-0.05, 0) is 41.6 Å². The fraction of sp³-hybridized carbons (Fsp3) is 0.370. The maximum absolute atomic E-state index is 14.8. The third kappa shape index (κ3) is 5.29. The Balaban J connectivity index is 0.00000274. The Kier molecular flexibility index (Phi) is 7.91. The van der Waals surface area contributed by atoms with Gasteiger partial charge in [0.15, 0.2) is 0 Å². The maximum atomic E-state index is 14.8. The lowest BCUT2D eigenvalue weighted by atomic mass is 9.76. The average Bonchev–Trinajstić information content (AvgIpc) is 3.37. The fourth-order valence-electron chi connectivity index (χ4n) is 5.47. The van der Waals surface area contributed by atoms with Gasteiger partial charge in [0, 0.05) is 17.7 Å². The van der Waals surface area contributed by atoms with Crippen LogP contribution in [-0.4, -0.2) is 43.2 Å². The Morgan fingerprint density at radius 3 is 2.47 bits per heavy atom. The molecule has 7 heteroatoms. The number of ether oxygens (including phenoxy) is 1. The molecular weight excluding hydrogens is 471 g/mol. The van der Waals surface area contributed by atoms with Crippen molar-refractivity contribution in [3.05, 3.63) is 82.8 Å². The van der Waals surface area contributed by atoms with Crippen molar-refractivity contribution in [3.8, 4) is 5.75 Å². The van der Waals surface area contributed by atoms with Crippen molar-refractivity contribution < 1.29 is 30.8 Å². The van der Waals surface area contributed by atoms with Crippen LogP contribution in [-0.2, 0) is 11.3 Å². The van der Waals surface area contributed by atoms with E-state index in [1.54, 1.807) is 34.4 Å². The number of nitrogens with zero attached hydrogens (tertiary/aromatic N) is 2. The number of amides is 1. The van der Waals surface area contributed by atoms with Gasteiger partial charge in [0.25, 0.3) is 0 Å². The molecule has 1 aromatic heterocycles. The summed E-state index contributed by atoms with van der Waals surface area (Å²) in [5, 5.41) is 2.00. The second kappa shape index (κ2) is 10.9. The SMILES string of the molecule is O=C([C@H]1C[N+]2(CCOc3ccccc3)CCC1CC2)N(Cc1cccs1)c1ccccc1F.[Cl-]. The van der Waals surface area contributed by atoms with Crippen LogP contribution in [0, 0.1) is 17.7 Å². The molecule has 6 rings (SSSR count). The van der Waals surface area contributed by atoms with Gasteiger partial charge in [0.2, 0.25) is 5.91 Å². The topological polar surface area (TPSA) is 29.5 Å². The predicted octanol–water partition coefficient (Wildman–Crippen LogP) is 2.36. The Labute approximate surface area is 211 Å². The molecule has 1 atom stereocenters. The maximum Gasteiger partial charge on any atom is 0.236 e. The molecule has 4 heterocycles. The van der Waals surface area contributed by atoms with Crippen molar-refractivity contribution in [3.63, 3.8) is 0 Å². The van der Waals surface area contributed by atoms with Crippen LogP contribution in [0.25, 0.3) is 0 Å². The highest BCUT2D eigenvalue weighted by atomic mass is 35.5. The summed E-state index contributed by atoms with van der Waals surface area (Å²) in [5.41, 5.74) is 0.381. The van der Waals surface area contributed by atoms with E-state index in [4.69, 9.17) is 4.74 Å². The summed E-state index contributed by atoms with van der Waals surface area (Å²) in [7, 11) is 0. The molecule has 0 spiro atoms. The van der Waals surface area contributed by atoms with E-state index >= 15 is 0 Å². The molecule has 3 aromatic rings. The van der Waals surface area contributed by atoms with E-state index in [1.807, 2.05) is 47.8 Å². The molecule has 2 aromatic carbocycles. The highest BCUT2D eigenvalue weighted by Crippen LogP contribution is 2.40. The Morgan fingerprint density at radius 2 is 1.76 bits per heavy atom. The molecular formula is C27H30ClFN2O2S. The van der Waals surface area contributed by atoms with Gasteiger partial charge in [-0.2, -0.15) is 0 Å². The van der Waals surface area contributed by atoms with Gasteiger partial charge < -0.3 is 26.5 Å². The number of carbonyl (C=O) groups excluding carboxylic acids is 1. The number of thiophene rings is 1. The van der Waals surface area contributed by atoms with E-state index in [0.29, 0.717) is 24.8 Å². The number of quaternary nitrogens is 1. The molecule has 0 radical (unpaired) electrons. The average molecular weight is 501 g/mol. The van der Waals surface area contributed by atoms with Crippen LogP contribution in [0.15, 0.2) is 72.1 Å². The molecule has 0 saturated carbocycles. The zero-order chi connectivity index (χ0) is 22.7. The monoisotopic (exact) mass is 500 g/mol. The summed E-state index contributed by atoms with van der Waals surface area (Å²) < 4.78 is 21.7. The number of benzene rings is 2. The lowest BCUT2D eigenvalue weighted by Gasteiger charge is -2.52. The van der Waals surface area contributed by atoms with Crippen molar-refractivity contribution >= 4 is 22.9 Å². The predicted molar refractivity (Wildman–Crippen MR) is 130 cm³/mol. The first kappa shape index (κ1) is 24.7. The summed E-state index contributed by atoms with van der Waals surface area (Å²) in [6.45, 7) is 4.96. The number of halogens is 2. The van der Waals surface area contributed by atoms with Crippen molar-refractivity contribution in [2.24, 2.45) is 11.8 Å². The second-order valence-corrected chi connectivity index (χ2v) is 10.3. The number of para-hydroxylation sites is 2. The summed E-state index contributed by atoms with van der Waals surface area (Å²) in [5.74, 6) is 0.902. The van der Waals surface area contributed by atoms with Crippen LogP contribution in [0.1, 0.15) is 17.7 Å². The third-order valence-corrected chi connectivity index (χ3v) is 8.16. The number of piperidine rings is 3. The fourth-order valence-corrected chi connectivity index (χ4v) is 6.16. The normalized spacial score (nSPS) is 23.2. The smallest absolute Gasteiger partial charge is 0.236 e.